The third-order valence-corrected chi connectivity index (χ3v) is 2.52. The Morgan fingerprint density at radius 1 is 1.41 bits per heavy atom. The van der Waals surface area contributed by atoms with Gasteiger partial charge in [-0.25, -0.2) is 10.5 Å². The number of nitrogens with one attached hydrogen (secondary N) is 1. The zero-order valence-corrected chi connectivity index (χ0v) is 12.2. The largest absolute Gasteiger partial charge is 0.393 e. The minimum atomic E-state index is -0.250. The van der Waals surface area contributed by atoms with Gasteiger partial charge in [-0.15, -0.1) is 24.3 Å². The van der Waals surface area contributed by atoms with Crippen LogP contribution in [0.5, 0.6) is 0 Å². The standard InChI is InChI=1S/C14H11FN.Y/c1-3-11-6-9-14(16-10(11)2)12-4-7-13(15)8-5-12;/h1,4-5,7-8,11,16H,2,6H2;/q-1;. The molecule has 1 unspecified atom stereocenters. The molecule has 0 aromatic heterocycles. The predicted octanol–water partition coefficient (Wildman–Crippen LogP) is 2.72. The molecule has 1 aliphatic rings. The van der Waals surface area contributed by atoms with E-state index in [0.29, 0.717) is 6.42 Å². The van der Waals surface area contributed by atoms with Crippen LogP contribution < -0.4 is 5.32 Å². The molecule has 1 aromatic carbocycles. The monoisotopic (exact) mass is 301 g/mol. The van der Waals surface area contributed by atoms with Crippen LogP contribution in [0, 0.1) is 30.2 Å². The molecule has 1 atom stereocenters. The van der Waals surface area contributed by atoms with Gasteiger partial charge in [0.15, 0.2) is 0 Å². The minimum absolute atomic E-state index is 0. The fourth-order valence-corrected chi connectivity index (χ4v) is 1.57. The summed E-state index contributed by atoms with van der Waals surface area (Å²) < 4.78 is 12.8. The van der Waals surface area contributed by atoms with Crippen molar-refractivity contribution in [3.63, 3.8) is 0 Å². The third-order valence-electron chi connectivity index (χ3n) is 2.52. The maximum absolute atomic E-state index is 12.8. The summed E-state index contributed by atoms with van der Waals surface area (Å²) in [7, 11) is 0. The zero-order valence-electron chi connectivity index (χ0n) is 9.33. The molecular formula is C14H11FNY-. The van der Waals surface area contributed by atoms with E-state index in [1.165, 1.54) is 12.1 Å². The van der Waals surface area contributed by atoms with E-state index in [-0.39, 0.29) is 44.4 Å². The van der Waals surface area contributed by atoms with Gasteiger partial charge >= 0.3 is 0 Å². The summed E-state index contributed by atoms with van der Waals surface area (Å²) in [4.78, 5) is 0. The second-order valence-electron chi connectivity index (χ2n) is 3.63. The summed E-state index contributed by atoms with van der Waals surface area (Å²) in [5.41, 5.74) is 2.50. The number of terminal acetylenes is 1. The Morgan fingerprint density at radius 3 is 2.59 bits per heavy atom. The molecule has 0 bridgehead atoms. The first-order valence-corrected chi connectivity index (χ1v) is 4.99. The van der Waals surface area contributed by atoms with Crippen LogP contribution in [0.4, 0.5) is 4.39 Å². The molecule has 1 nitrogen and oxygen atoms in total. The molecule has 0 saturated heterocycles. The van der Waals surface area contributed by atoms with E-state index in [1.54, 1.807) is 12.1 Å². The summed E-state index contributed by atoms with van der Waals surface area (Å²) in [6.07, 6.45) is 9.16. The van der Waals surface area contributed by atoms with Crippen molar-refractivity contribution in [1.29, 1.82) is 0 Å². The molecule has 1 radical (unpaired) electrons. The van der Waals surface area contributed by atoms with E-state index >= 15 is 0 Å². The van der Waals surface area contributed by atoms with Gasteiger partial charge in [-0.05, 0) is 12.1 Å². The fraction of sp³-hybridized carbons (Fsp3) is 0.143. The van der Waals surface area contributed by atoms with Gasteiger partial charge in [-0.2, -0.15) is 5.56 Å². The Hall–Kier alpha value is -0.906. The maximum Gasteiger partial charge on any atom is 0.120 e. The summed E-state index contributed by atoms with van der Waals surface area (Å²) in [6.45, 7) is 3.87. The smallest absolute Gasteiger partial charge is 0.120 e. The van der Waals surface area contributed by atoms with Crippen LogP contribution in [0.3, 0.4) is 0 Å². The average Bonchev–Trinajstić information content (AvgIpc) is 2.30. The topological polar surface area (TPSA) is 12.0 Å². The Balaban J connectivity index is 0.00000144. The predicted molar refractivity (Wildman–Crippen MR) is 62.3 cm³/mol. The SMILES string of the molecule is C#CC1C[C-]=C(c2ccc(F)cc2)NC1=C.[Y]. The fourth-order valence-electron chi connectivity index (χ4n) is 1.57. The number of allylic oxidation sites excluding steroid dienone is 2. The van der Waals surface area contributed by atoms with Crippen LogP contribution in [-0.2, 0) is 32.7 Å². The van der Waals surface area contributed by atoms with Crippen LogP contribution >= 0.6 is 0 Å². The number of hydrogen-bond acceptors (Lipinski definition) is 1. The quantitative estimate of drug-likeness (QED) is 0.621. The second kappa shape index (κ2) is 6.14. The van der Waals surface area contributed by atoms with Crippen molar-refractivity contribution in [2.75, 3.05) is 0 Å². The Labute approximate surface area is 126 Å². The van der Waals surface area contributed by atoms with Gasteiger partial charge in [0.1, 0.15) is 5.82 Å². The normalized spacial score (nSPS) is 18.5. The number of benzene rings is 1. The molecule has 2 rings (SSSR count). The zero-order chi connectivity index (χ0) is 11.5. The van der Waals surface area contributed by atoms with Crippen molar-refractivity contribution < 1.29 is 37.1 Å². The first-order valence-electron chi connectivity index (χ1n) is 4.99. The molecule has 17 heavy (non-hydrogen) atoms. The summed E-state index contributed by atoms with van der Waals surface area (Å²) in [5.74, 6) is 2.38. The maximum atomic E-state index is 12.8. The van der Waals surface area contributed by atoms with E-state index in [4.69, 9.17) is 6.42 Å². The molecule has 0 amide bonds. The van der Waals surface area contributed by atoms with Crippen LogP contribution in [0.2, 0.25) is 0 Å². The molecule has 1 N–H and O–H groups in total. The molecule has 1 aliphatic heterocycles. The first kappa shape index (κ1) is 14.2. The van der Waals surface area contributed by atoms with Gasteiger partial charge in [0.05, 0.1) is 0 Å². The molecule has 1 aromatic rings. The number of rotatable bonds is 1. The molecule has 83 valence electrons. The van der Waals surface area contributed by atoms with Gasteiger partial charge in [0, 0.05) is 44.3 Å². The van der Waals surface area contributed by atoms with Gasteiger partial charge in [0.25, 0.3) is 0 Å². The van der Waals surface area contributed by atoms with Crippen LogP contribution in [0.1, 0.15) is 12.0 Å². The molecule has 3 heteroatoms. The van der Waals surface area contributed by atoms with E-state index in [0.717, 1.165) is 17.0 Å². The third kappa shape index (κ3) is 3.28. The van der Waals surface area contributed by atoms with E-state index in [9.17, 15) is 4.39 Å². The van der Waals surface area contributed by atoms with Crippen molar-refractivity contribution in [1.82, 2.24) is 5.32 Å². The van der Waals surface area contributed by atoms with Crippen molar-refractivity contribution >= 4 is 5.70 Å². The first-order chi connectivity index (χ1) is 7.70. The Bertz CT molecular complexity index is 482. The number of halogens is 1. The molecule has 0 fully saturated rings. The Kier molecular flexibility index (Phi) is 5.11. The second-order valence-corrected chi connectivity index (χ2v) is 3.63. The van der Waals surface area contributed by atoms with Gasteiger partial charge in [0.2, 0.25) is 0 Å². The van der Waals surface area contributed by atoms with Crippen LogP contribution in [0.15, 0.2) is 36.5 Å². The van der Waals surface area contributed by atoms with Crippen molar-refractivity contribution in [2.24, 2.45) is 5.92 Å². The van der Waals surface area contributed by atoms with E-state index in [2.05, 4.69) is 23.9 Å². The summed E-state index contributed by atoms with van der Waals surface area (Å²) in [6, 6.07) is 6.24. The van der Waals surface area contributed by atoms with Crippen molar-refractivity contribution in [3.8, 4) is 12.3 Å². The minimum Gasteiger partial charge on any atom is -0.393 e. The van der Waals surface area contributed by atoms with Crippen LogP contribution in [-0.4, -0.2) is 0 Å². The summed E-state index contributed by atoms with van der Waals surface area (Å²) >= 11 is 0. The molecule has 0 aliphatic carbocycles. The molecule has 0 saturated carbocycles. The summed E-state index contributed by atoms with van der Waals surface area (Å²) in [5, 5.41) is 3.10. The molecular weight excluding hydrogens is 290 g/mol. The van der Waals surface area contributed by atoms with Crippen molar-refractivity contribution in [2.45, 2.75) is 6.42 Å². The van der Waals surface area contributed by atoms with Gasteiger partial charge < -0.3 is 5.32 Å². The van der Waals surface area contributed by atoms with Gasteiger partial charge in [-0.3, -0.25) is 0 Å². The molecule has 0 spiro atoms. The van der Waals surface area contributed by atoms with Crippen molar-refractivity contribution in [3.05, 3.63) is 54.0 Å². The molecule has 1 heterocycles. The van der Waals surface area contributed by atoms with Gasteiger partial charge in [-0.1, -0.05) is 18.9 Å². The number of hydrogen-bond donors (Lipinski definition) is 1. The Morgan fingerprint density at radius 2 is 2.06 bits per heavy atom. The van der Waals surface area contributed by atoms with E-state index < -0.39 is 0 Å². The average molecular weight is 301 g/mol. The van der Waals surface area contributed by atoms with Crippen LogP contribution in [0.25, 0.3) is 5.70 Å². The van der Waals surface area contributed by atoms with E-state index in [1.807, 2.05) is 0 Å².